The lowest BCUT2D eigenvalue weighted by atomic mass is 10.1. The molecular weight excluding hydrogens is 343 g/mol. The van der Waals surface area contributed by atoms with Crippen LogP contribution in [0.3, 0.4) is 0 Å². The Morgan fingerprint density at radius 3 is 2.48 bits per heavy atom. The number of rotatable bonds is 5. The summed E-state index contributed by atoms with van der Waals surface area (Å²) in [6.45, 7) is 3.10. The van der Waals surface area contributed by atoms with Gasteiger partial charge >= 0.3 is 0 Å². The van der Waals surface area contributed by atoms with Gasteiger partial charge in [0.1, 0.15) is 5.82 Å². The minimum absolute atomic E-state index is 0.122. The highest BCUT2D eigenvalue weighted by atomic mass is 35.5. The van der Waals surface area contributed by atoms with Crippen LogP contribution in [-0.4, -0.2) is 37.1 Å². The molecule has 1 saturated heterocycles. The molecule has 25 heavy (non-hydrogen) atoms. The van der Waals surface area contributed by atoms with E-state index in [2.05, 4.69) is 5.32 Å². The lowest BCUT2D eigenvalue weighted by molar-refractivity contribution is -0.134. The van der Waals surface area contributed by atoms with E-state index in [1.165, 1.54) is 6.07 Å². The van der Waals surface area contributed by atoms with Crippen molar-refractivity contribution in [2.75, 3.05) is 31.6 Å². The van der Waals surface area contributed by atoms with Gasteiger partial charge in [-0.1, -0.05) is 29.8 Å². The highest BCUT2D eigenvalue weighted by Gasteiger charge is 2.16. The first kappa shape index (κ1) is 17.7. The van der Waals surface area contributed by atoms with E-state index in [0.717, 1.165) is 16.8 Å². The molecule has 4 nitrogen and oxygen atoms in total. The first-order chi connectivity index (χ1) is 12.1. The van der Waals surface area contributed by atoms with Crippen LogP contribution in [0, 0.1) is 5.82 Å². The van der Waals surface area contributed by atoms with Crippen molar-refractivity contribution in [1.82, 2.24) is 4.90 Å². The number of carbonyl (C=O) groups excluding carboxylic acids is 1. The van der Waals surface area contributed by atoms with Crippen molar-refractivity contribution in [1.29, 1.82) is 0 Å². The molecule has 1 heterocycles. The molecule has 132 valence electrons. The summed E-state index contributed by atoms with van der Waals surface area (Å²) >= 11 is 5.78. The predicted molar refractivity (Wildman–Crippen MR) is 96.3 cm³/mol. The number of benzene rings is 2. The van der Waals surface area contributed by atoms with Gasteiger partial charge in [0.2, 0.25) is 5.91 Å². The van der Waals surface area contributed by atoms with Gasteiger partial charge in [-0.2, -0.15) is 0 Å². The second kappa shape index (κ2) is 8.32. The molecule has 1 aliphatic heterocycles. The predicted octanol–water partition coefficient (Wildman–Crippen LogP) is 3.49. The van der Waals surface area contributed by atoms with Crippen LogP contribution in [0.1, 0.15) is 11.1 Å². The van der Waals surface area contributed by atoms with E-state index in [0.29, 0.717) is 39.3 Å². The molecule has 1 fully saturated rings. The van der Waals surface area contributed by atoms with Crippen molar-refractivity contribution < 1.29 is 13.9 Å². The molecule has 0 saturated carbocycles. The largest absolute Gasteiger partial charge is 0.381 e. The van der Waals surface area contributed by atoms with Gasteiger partial charge in [0.05, 0.1) is 24.7 Å². The van der Waals surface area contributed by atoms with Crippen LogP contribution < -0.4 is 5.32 Å². The molecule has 0 unspecified atom stereocenters. The molecule has 0 bridgehead atoms. The van der Waals surface area contributed by atoms with Crippen molar-refractivity contribution in [2.24, 2.45) is 0 Å². The zero-order valence-corrected chi connectivity index (χ0v) is 14.6. The maximum atomic E-state index is 13.2. The molecule has 2 aromatic carbocycles. The quantitative estimate of drug-likeness (QED) is 0.885. The van der Waals surface area contributed by atoms with Crippen LogP contribution in [-0.2, 0) is 22.5 Å². The van der Waals surface area contributed by atoms with Crippen LogP contribution in [0.2, 0.25) is 5.02 Å². The Kier molecular flexibility index (Phi) is 5.89. The van der Waals surface area contributed by atoms with E-state index < -0.39 is 5.82 Å². The van der Waals surface area contributed by atoms with Crippen molar-refractivity contribution in [2.45, 2.75) is 13.0 Å². The minimum atomic E-state index is -0.417. The van der Waals surface area contributed by atoms with Crippen molar-refractivity contribution in [3.05, 3.63) is 64.4 Å². The molecule has 1 N–H and O–H groups in total. The van der Waals surface area contributed by atoms with Crippen LogP contribution >= 0.6 is 11.6 Å². The molecule has 0 spiro atoms. The summed E-state index contributed by atoms with van der Waals surface area (Å²) in [5.41, 5.74) is 2.81. The van der Waals surface area contributed by atoms with Crippen LogP contribution in [0.25, 0.3) is 0 Å². The summed E-state index contributed by atoms with van der Waals surface area (Å²) in [7, 11) is 0. The molecule has 6 heteroatoms. The molecule has 2 aromatic rings. The van der Waals surface area contributed by atoms with Crippen molar-refractivity contribution in [3.8, 4) is 0 Å². The maximum absolute atomic E-state index is 13.2. The van der Waals surface area contributed by atoms with Gasteiger partial charge < -0.3 is 15.0 Å². The van der Waals surface area contributed by atoms with E-state index in [9.17, 15) is 9.18 Å². The average molecular weight is 363 g/mol. The number of hydrogen-bond acceptors (Lipinski definition) is 3. The normalized spacial score (nSPS) is 14.4. The Morgan fingerprint density at radius 1 is 1.12 bits per heavy atom. The van der Waals surface area contributed by atoms with Crippen LogP contribution in [0.15, 0.2) is 42.5 Å². The number of amides is 1. The third-order valence-electron chi connectivity index (χ3n) is 4.15. The molecular formula is C19H20ClFN2O2. The molecule has 0 aliphatic carbocycles. The third-order valence-corrected chi connectivity index (χ3v) is 4.44. The third kappa shape index (κ3) is 4.94. The van der Waals surface area contributed by atoms with E-state index in [4.69, 9.17) is 16.3 Å². The highest BCUT2D eigenvalue weighted by molar-refractivity contribution is 6.30. The van der Waals surface area contributed by atoms with Gasteiger partial charge in [-0.15, -0.1) is 0 Å². The second-order valence-electron chi connectivity index (χ2n) is 5.97. The maximum Gasteiger partial charge on any atom is 0.227 e. The fourth-order valence-electron chi connectivity index (χ4n) is 2.69. The topological polar surface area (TPSA) is 41.6 Å². The monoisotopic (exact) mass is 362 g/mol. The number of ether oxygens (including phenoxy) is 1. The number of anilines is 1. The molecule has 1 aliphatic rings. The number of hydrogen-bond donors (Lipinski definition) is 1. The van der Waals surface area contributed by atoms with E-state index in [-0.39, 0.29) is 10.9 Å². The summed E-state index contributed by atoms with van der Waals surface area (Å²) in [4.78, 5) is 14.1. The Morgan fingerprint density at radius 2 is 1.80 bits per heavy atom. The summed E-state index contributed by atoms with van der Waals surface area (Å²) in [6.07, 6.45) is 0.397. The van der Waals surface area contributed by atoms with Gasteiger partial charge in [-0.3, -0.25) is 4.79 Å². The summed E-state index contributed by atoms with van der Waals surface area (Å²) in [5, 5.41) is 3.38. The summed E-state index contributed by atoms with van der Waals surface area (Å²) in [5.74, 6) is -0.287. The standard InChI is InChI=1S/C19H20ClFN2O2/c20-17-11-15(3-6-18(17)21)13-22-16-4-1-14(2-5-16)12-19(24)23-7-9-25-10-8-23/h1-6,11,22H,7-10,12-13H2. The Balaban J connectivity index is 1.53. The van der Waals surface area contributed by atoms with Gasteiger partial charge in [-0.05, 0) is 35.4 Å². The van der Waals surface area contributed by atoms with Crippen LogP contribution in [0.4, 0.5) is 10.1 Å². The SMILES string of the molecule is O=C(Cc1ccc(NCc2ccc(F)c(Cl)c2)cc1)N1CCOCC1. The number of nitrogens with zero attached hydrogens (tertiary/aromatic N) is 1. The van der Waals surface area contributed by atoms with Gasteiger partial charge in [0, 0.05) is 25.3 Å². The van der Waals surface area contributed by atoms with Gasteiger partial charge in [-0.25, -0.2) is 4.39 Å². The van der Waals surface area contributed by atoms with Gasteiger partial charge in [0.25, 0.3) is 0 Å². The van der Waals surface area contributed by atoms with Gasteiger partial charge in [0.15, 0.2) is 0 Å². The van der Waals surface area contributed by atoms with Crippen molar-refractivity contribution in [3.63, 3.8) is 0 Å². The zero-order valence-electron chi connectivity index (χ0n) is 13.8. The fourth-order valence-corrected chi connectivity index (χ4v) is 2.90. The average Bonchev–Trinajstić information content (AvgIpc) is 2.64. The number of morpholine rings is 1. The molecule has 3 rings (SSSR count). The first-order valence-electron chi connectivity index (χ1n) is 8.24. The minimum Gasteiger partial charge on any atom is -0.381 e. The van der Waals surface area contributed by atoms with E-state index in [1.54, 1.807) is 12.1 Å². The number of carbonyl (C=O) groups is 1. The molecule has 1 amide bonds. The molecule has 0 radical (unpaired) electrons. The highest BCUT2D eigenvalue weighted by Crippen LogP contribution is 2.18. The fraction of sp³-hybridized carbons (Fsp3) is 0.316. The van der Waals surface area contributed by atoms with Crippen molar-refractivity contribution >= 4 is 23.2 Å². The summed E-state index contributed by atoms with van der Waals surface area (Å²) < 4.78 is 18.4. The van der Waals surface area contributed by atoms with E-state index >= 15 is 0 Å². The Hall–Kier alpha value is -2.11. The first-order valence-corrected chi connectivity index (χ1v) is 8.62. The van der Waals surface area contributed by atoms with E-state index in [1.807, 2.05) is 29.2 Å². The number of nitrogens with one attached hydrogen (secondary N) is 1. The lowest BCUT2D eigenvalue weighted by Crippen LogP contribution is -2.41. The zero-order chi connectivity index (χ0) is 17.6. The Bertz CT molecular complexity index is 731. The second-order valence-corrected chi connectivity index (χ2v) is 6.38. The number of halogens is 2. The Labute approximate surface area is 151 Å². The lowest BCUT2D eigenvalue weighted by Gasteiger charge is -2.26. The summed E-state index contributed by atoms with van der Waals surface area (Å²) in [6, 6.07) is 12.4. The smallest absolute Gasteiger partial charge is 0.227 e. The van der Waals surface area contributed by atoms with Crippen LogP contribution in [0.5, 0.6) is 0 Å². The molecule has 0 atom stereocenters. The molecule has 0 aromatic heterocycles.